The Kier molecular flexibility index (Phi) is 4.48. The second-order valence-electron chi connectivity index (χ2n) is 5.10. The van der Waals surface area contributed by atoms with Gasteiger partial charge < -0.3 is 10.1 Å². The van der Waals surface area contributed by atoms with Crippen LogP contribution in [-0.2, 0) is 16.0 Å². The van der Waals surface area contributed by atoms with Gasteiger partial charge in [-0.25, -0.2) is 4.98 Å². The molecule has 2 N–H and O–H groups in total. The largest absolute Gasteiger partial charge is 0.501 e. The number of amides is 1. The van der Waals surface area contributed by atoms with Crippen LogP contribution in [0.1, 0.15) is 18.7 Å². The number of aromatic amines is 1. The first-order valence-corrected chi connectivity index (χ1v) is 7.38. The molecular formula is C16H18N4O2. The summed E-state index contributed by atoms with van der Waals surface area (Å²) in [5, 5.41) is 9.97. The first-order valence-electron chi connectivity index (χ1n) is 7.38. The molecule has 1 aliphatic heterocycles. The van der Waals surface area contributed by atoms with Gasteiger partial charge in [-0.3, -0.25) is 9.89 Å². The number of carbonyl (C=O) groups excluding carboxylic acids is 1. The van der Waals surface area contributed by atoms with Crippen LogP contribution in [0.3, 0.4) is 0 Å². The Labute approximate surface area is 128 Å². The highest BCUT2D eigenvalue weighted by Crippen LogP contribution is 2.13. The van der Waals surface area contributed by atoms with Gasteiger partial charge >= 0.3 is 0 Å². The third kappa shape index (κ3) is 3.52. The van der Waals surface area contributed by atoms with Crippen LogP contribution in [0.5, 0.6) is 0 Å². The number of benzene rings is 1. The van der Waals surface area contributed by atoms with Gasteiger partial charge in [-0.05, 0) is 12.8 Å². The summed E-state index contributed by atoms with van der Waals surface area (Å²) in [6.07, 6.45) is 3.83. The molecule has 6 heteroatoms. The molecule has 0 radical (unpaired) electrons. The lowest BCUT2D eigenvalue weighted by atomic mass is 10.1. The molecule has 0 bridgehead atoms. The number of ether oxygens (including phenoxy) is 1. The van der Waals surface area contributed by atoms with Crippen LogP contribution >= 0.6 is 0 Å². The highest BCUT2D eigenvalue weighted by atomic mass is 16.5. The number of carbonyl (C=O) groups is 1. The van der Waals surface area contributed by atoms with Crippen molar-refractivity contribution < 1.29 is 9.53 Å². The molecule has 0 atom stereocenters. The number of hydrogen-bond donors (Lipinski definition) is 2. The van der Waals surface area contributed by atoms with E-state index in [4.69, 9.17) is 4.74 Å². The van der Waals surface area contributed by atoms with Gasteiger partial charge in [0, 0.05) is 18.5 Å². The quantitative estimate of drug-likeness (QED) is 0.882. The van der Waals surface area contributed by atoms with Gasteiger partial charge in [0.2, 0.25) is 5.91 Å². The monoisotopic (exact) mass is 298 g/mol. The van der Waals surface area contributed by atoms with Crippen molar-refractivity contribution in [3.05, 3.63) is 48.0 Å². The maximum Gasteiger partial charge on any atom is 0.250 e. The van der Waals surface area contributed by atoms with E-state index < -0.39 is 0 Å². The molecular weight excluding hydrogens is 280 g/mol. The predicted octanol–water partition coefficient (Wildman–Crippen LogP) is 1.82. The second-order valence-corrected chi connectivity index (χ2v) is 5.10. The highest BCUT2D eigenvalue weighted by molar-refractivity contribution is 5.93. The van der Waals surface area contributed by atoms with E-state index in [0.29, 0.717) is 31.0 Å². The summed E-state index contributed by atoms with van der Waals surface area (Å²) in [6, 6.07) is 9.78. The molecule has 0 fully saturated rings. The number of nitrogens with zero attached hydrogens (tertiary/aromatic N) is 2. The van der Waals surface area contributed by atoms with Crippen LogP contribution < -0.4 is 5.32 Å². The summed E-state index contributed by atoms with van der Waals surface area (Å²) < 4.78 is 5.17. The van der Waals surface area contributed by atoms with E-state index in [1.54, 1.807) is 6.26 Å². The smallest absolute Gasteiger partial charge is 0.250 e. The fraction of sp³-hybridized carbons (Fsp3) is 0.312. The number of nitrogens with one attached hydrogen (secondary N) is 2. The van der Waals surface area contributed by atoms with Gasteiger partial charge in [0.15, 0.2) is 5.82 Å². The summed E-state index contributed by atoms with van der Waals surface area (Å²) >= 11 is 0. The molecule has 2 heterocycles. The molecule has 6 nitrogen and oxygen atoms in total. The molecule has 0 unspecified atom stereocenters. The summed E-state index contributed by atoms with van der Waals surface area (Å²) in [5.74, 6) is 1.36. The number of aromatic nitrogens is 3. The van der Waals surface area contributed by atoms with Crippen LogP contribution in [0.4, 0.5) is 0 Å². The number of rotatable bonds is 5. The second kappa shape index (κ2) is 6.89. The van der Waals surface area contributed by atoms with Crippen molar-refractivity contribution in [2.24, 2.45) is 0 Å². The maximum absolute atomic E-state index is 11.9. The molecule has 0 spiro atoms. The first kappa shape index (κ1) is 14.3. The van der Waals surface area contributed by atoms with E-state index in [1.807, 2.05) is 30.3 Å². The molecule has 0 saturated carbocycles. The zero-order valence-corrected chi connectivity index (χ0v) is 12.2. The molecule has 1 amide bonds. The Hall–Kier alpha value is -2.63. The lowest BCUT2D eigenvalue weighted by Crippen LogP contribution is -2.28. The lowest BCUT2D eigenvalue weighted by molar-refractivity contribution is -0.117. The Balaban J connectivity index is 1.51. The van der Waals surface area contributed by atoms with Gasteiger partial charge in [-0.1, -0.05) is 30.3 Å². The fourth-order valence-corrected chi connectivity index (χ4v) is 2.26. The molecule has 1 aromatic heterocycles. The minimum atomic E-state index is -0.0671. The zero-order valence-electron chi connectivity index (χ0n) is 12.2. The Morgan fingerprint density at radius 1 is 1.32 bits per heavy atom. The minimum absolute atomic E-state index is 0.0671. The van der Waals surface area contributed by atoms with Crippen molar-refractivity contribution in [3.8, 4) is 11.4 Å². The minimum Gasteiger partial charge on any atom is -0.501 e. The van der Waals surface area contributed by atoms with Crippen molar-refractivity contribution in [2.45, 2.75) is 19.3 Å². The third-order valence-electron chi connectivity index (χ3n) is 3.44. The predicted molar refractivity (Wildman–Crippen MR) is 81.8 cm³/mol. The average molecular weight is 298 g/mol. The first-order chi connectivity index (χ1) is 10.8. The summed E-state index contributed by atoms with van der Waals surface area (Å²) in [5.41, 5.74) is 1.67. The Morgan fingerprint density at radius 2 is 2.18 bits per heavy atom. The number of H-pyrrole nitrogens is 1. The molecule has 22 heavy (non-hydrogen) atoms. The van der Waals surface area contributed by atoms with Gasteiger partial charge in [0.05, 0.1) is 18.4 Å². The average Bonchev–Trinajstić information content (AvgIpc) is 3.05. The topological polar surface area (TPSA) is 79.9 Å². The van der Waals surface area contributed by atoms with Gasteiger partial charge in [0.1, 0.15) is 5.82 Å². The highest BCUT2D eigenvalue weighted by Gasteiger charge is 2.13. The van der Waals surface area contributed by atoms with E-state index >= 15 is 0 Å². The van der Waals surface area contributed by atoms with Crippen molar-refractivity contribution in [1.82, 2.24) is 20.5 Å². The zero-order chi connectivity index (χ0) is 15.2. The van der Waals surface area contributed by atoms with Crippen LogP contribution in [0, 0.1) is 0 Å². The summed E-state index contributed by atoms with van der Waals surface area (Å²) in [4.78, 5) is 16.3. The summed E-state index contributed by atoms with van der Waals surface area (Å²) in [6.45, 7) is 1.21. The van der Waals surface area contributed by atoms with Crippen LogP contribution in [0.25, 0.3) is 11.4 Å². The van der Waals surface area contributed by atoms with Crippen molar-refractivity contribution in [1.29, 1.82) is 0 Å². The maximum atomic E-state index is 11.9. The Bertz CT molecular complexity index is 664. The van der Waals surface area contributed by atoms with E-state index in [9.17, 15) is 4.79 Å². The standard InChI is InChI=1S/C16H18N4O2/c21-16(13-7-4-10-22-11-13)17-9-8-14-18-15(20-19-14)12-5-2-1-3-6-12/h1-3,5-6,11H,4,7-10H2,(H,17,21)(H,18,19,20). The Morgan fingerprint density at radius 3 is 2.95 bits per heavy atom. The van der Waals surface area contributed by atoms with Gasteiger partial charge in [-0.2, -0.15) is 5.10 Å². The normalized spacial score (nSPS) is 14.1. The van der Waals surface area contributed by atoms with E-state index in [1.165, 1.54) is 0 Å². The fourth-order valence-electron chi connectivity index (χ4n) is 2.26. The molecule has 3 rings (SSSR count). The SMILES string of the molecule is O=C(NCCc1nc(-c2ccccc2)n[nH]1)C1=COCCC1. The van der Waals surface area contributed by atoms with Crippen LogP contribution in [-0.4, -0.2) is 34.2 Å². The lowest BCUT2D eigenvalue weighted by Gasteiger charge is -2.13. The number of hydrogen-bond acceptors (Lipinski definition) is 4. The van der Waals surface area contributed by atoms with Gasteiger partial charge in [0.25, 0.3) is 0 Å². The van der Waals surface area contributed by atoms with Crippen LogP contribution in [0.2, 0.25) is 0 Å². The van der Waals surface area contributed by atoms with Crippen molar-refractivity contribution >= 4 is 5.91 Å². The third-order valence-corrected chi connectivity index (χ3v) is 3.44. The van der Waals surface area contributed by atoms with Crippen molar-refractivity contribution in [2.75, 3.05) is 13.2 Å². The molecule has 114 valence electrons. The van der Waals surface area contributed by atoms with E-state index in [0.717, 1.165) is 24.2 Å². The van der Waals surface area contributed by atoms with E-state index in [2.05, 4.69) is 20.5 Å². The summed E-state index contributed by atoms with van der Waals surface area (Å²) in [7, 11) is 0. The van der Waals surface area contributed by atoms with Crippen molar-refractivity contribution in [3.63, 3.8) is 0 Å². The molecule has 1 aromatic carbocycles. The molecule has 0 aliphatic carbocycles. The molecule has 2 aromatic rings. The molecule has 0 saturated heterocycles. The molecule has 1 aliphatic rings. The van der Waals surface area contributed by atoms with Gasteiger partial charge in [-0.15, -0.1) is 0 Å². The van der Waals surface area contributed by atoms with E-state index in [-0.39, 0.29) is 5.91 Å². The van der Waals surface area contributed by atoms with Crippen LogP contribution in [0.15, 0.2) is 42.2 Å².